The van der Waals surface area contributed by atoms with Crippen molar-refractivity contribution in [3.05, 3.63) is 69.6 Å². The van der Waals surface area contributed by atoms with Crippen LogP contribution >= 0.6 is 0 Å². The molecule has 0 aliphatic rings. The van der Waals surface area contributed by atoms with Gasteiger partial charge in [-0.05, 0) is 40.6 Å². The van der Waals surface area contributed by atoms with Crippen molar-refractivity contribution in [3.8, 4) is 11.4 Å². The molecule has 0 atom stereocenters. The van der Waals surface area contributed by atoms with Gasteiger partial charge in [-0.25, -0.2) is 4.79 Å². The Kier molecular flexibility index (Phi) is 5.02. The molecule has 0 aliphatic carbocycles. The lowest BCUT2D eigenvalue weighted by Crippen LogP contribution is -2.24. The lowest BCUT2D eigenvalue weighted by Gasteiger charge is -2.17. The molecule has 142 valence electrons. The third-order valence-corrected chi connectivity index (χ3v) is 4.13. The van der Waals surface area contributed by atoms with Gasteiger partial charge >= 0.3 is 11.9 Å². The number of ether oxygens (including phenoxy) is 1. The normalized spacial score (nSPS) is 11.6. The summed E-state index contributed by atoms with van der Waals surface area (Å²) in [6, 6.07) is 10.7. The predicted octanol–water partition coefficient (Wildman–Crippen LogP) is 3.13. The summed E-state index contributed by atoms with van der Waals surface area (Å²) in [7, 11) is 1.37. The zero-order chi connectivity index (χ0) is 19.6. The number of aromatic nitrogens is 4. The van der Waals surface area contributed by atoms with Crippen LogP contribution in [0.1, 0.15) is 23.6 Å². The number of hydrogen-bond donors (Lipinski definition) is 0. The number of nitrogens with zero attached hydrogens (tertiary/aromatic N) is 4. The molecular formula is C18H17F3N4O2. The number of aryl methyl sites for hydroxylation is 2. The van der Waals surface area contributed by atoms with Gasteiger partial charge < -0.3 is 4.74 Å². The molecule has 9 heteroatoms. The first kappa shape index (κ1) is 18.7. The van der Waals surface area contributed by atoms with E-state index in [2.05, 4.69) is 10.4 Å². The van der Waals surface area contributed by atoms with Crippen molar-refractivity contribution >= 4 is 0 Å². The van der Waals surface area contributed by atoms with Gasteiger partial charge in [0.1, 0.15) is 12.4 Å². The summed E-state index contributed by atoms with van der Waals surface area (Å²) in [5, 5.41) is 7.22. The number of hydrogen-bond acceptors (Lipinski definition) is 4. The molecule has 0 N–H and O–H groups in total. The maximum Gasteiger partial charge on any atom is 0.416 e. The van der Waals surface area contributed by atoms with Gasteiger partial charge in [0.2, 0.25) is 0 Å². The zero-order valence-corrected chi connectivity index (χ0v) is 14.7. The van der Waals surface area contributed by atoms with Gasteiger partial charge in [-0.2, -0.15) is 22.5 Å². The lowest BCUT2D eigenvalue weighted by molar-refractivity contribution is -0.138. The van der Waals surface area contributed by atoms with Gasteiger partial charge in [0.25, 0.3) is 0 Å². The van der Waals surface area contributed by atoms with E-state index in [-0.39, 0.29) is 17.9 Å². The van der Waals surface area contributed by atoms with Crippen LogP contribution in [0.3, 0.4) is 0 Å². The first-order valence-electron chi connectivity index (χ1n) is 8.22. The van der Waals surface area contributed by atoms with Crippen molar-refractivity contribution < 1.29 is 17.9 Å². The van der Waals surface area contributed by atoms with E-state index >= 15 is 0 Å². The Morgan fingerprint density at radius 2 is 1.81 bits per heavy atom. The maximum atomic E-state index is 13.5. The minimum atomic E-state index is -4.61. The van der Waals surface area contributed by atoms with E-state index in [1.165, 1.54) is 19.2 Å². The highest BCUT2D eigenvalue weighted by Gasteiger charge is 2.35. The van der Waals surface area contributed by atoms with Gasteiger partial charge in [0.15, 0.2) is 0 Å². The molecular weight excluding hydrogens is 361 g/mol. The molecule has 1 aromatic heterocycles. The van der Waals surface area contributed by atoms with Crippen LogP contribution in [0.2, 0.25) is 0 Å². The van der Waals surface area contributed by atoms with Crippen molar-refractivity contribution in [2.45, 2.75) is 26.1 Å². The number of tetrazole rings is 1. The quantitative estimate of drug-likeness (QED) is 0.684. The number of benzene rings is 2. The fourth-order valence-corrected chi connectivity index (χ4v) is 2.74. The second-order valence-corrected chi connectivity index (χ2v) is 5.85. The topological polar surface area (TPSA) is 61.9 Å². The Labute approximate surface area is 152 Å². The second-order valence-electron chi connectivity index (χ2n) is 5.85. The van der Waals surface area contributed by atoms with Crippen LogP contribution in [-0.2, 0) is 26.3 Å². The number of alkyl halides is 3. The highest BCUT2D eigenvalue weighted by Crippen LogP contribution is 2.35. The summed E-state index contributed by atoms with van der Waals surface area (Å²) >= 11 is 0. The van der Waals surface area contributed by atoms with Gasteiger partial charge in [-0.3, -0.25) is 0 Å². The number of rotatable bonds is 5. The number of halogens is 3. The van der Waals surface area contributed by atoms with E-state index in [1.807, 2.05) is 19.1 Å². The summed E-state index contributed by atoms with van der Waals surface area (Å²) in [6.45, 7) is 1.56. The van der Waals surface area contributed by atoms with Crippen LogP contribution in [0.4, 0.5) is 13.2 Å². The van der Waals surface area contributed by atoms with Gasteiger partial charge in [-0.15, -0.1) is 0 Å². The molecule has 0 fully saturated rings. The summed E-state index contributed by atoms with van der Waals surface area (Å²) in [5.74, 6) is 0.495. The Morgan fingerprint density at radius 3 is 2.44 bits per heavy atom. The van der Waals surface area contributed by atoms with E-state index in [0.717, 1.165) is 21.0 Å². The first-order chi connectivity index (χ1) is 12.8. The summed E-state index contributed by atoms with van der Waals surface area (Å²) < 4.78 is 48.1. The van der Waals surface area contributed by atoms with Crippen LogP contribution in [0.25, 0.3) is 5.69 Å². The predicted molar refractivity (Wildman–Crippen MR) is 91.8 cm³/mol. The molecule has 1 heterocycles. The summed E-state index contributed by atoms with van der Waals surface area (Å²) in [4.78, 5) is 12.1. The Bertz CT molecular complexity index is 1010. The third kappa shape index (κ3) is 3.71. The molecule has 0 saturated carbocycles. The average Bonchev–Trinajstić information content (AvgIpc) is 2.98. The molecule has 0 amide bonds. The first-order valence-corrected chi connectivity index (χ1v) is 8.22. The molecule has 2 aromatic carbocycles. The smallest absolute Gasteiger partial charge is 0.416 e. The lowest BCUT2D eigenvalue weighted by atomic mass is 10.1. The summed E-state index contributed by atoms with van der Waals surface area (Å²) in [5.41, 5.74) is -0.855. The van der Waals surface area contributed by atoms with Crippen molar-refractivity contribution in [2.24, 2.45) is 7.05 Å². The van der Waals surface area contributed by atoms with Crippen molar-refractivity contribution in [3.63, 3.8) is 0 Å². The SMILES string of the molecule is CCc1ccccc1OCc1c(-n2nnn(C)c2=O)cccc1C(F)(F)F. The molecule has 3 rings (SSSR count). The molecule has 3 aromatic rings. The Balaban J connectivity index is 2.09. The molecule has 0 spiro atoms. The fourth-order valence-electron chi connectivity index (χ4n) is 2.74. The third-order valence-electron chi connectivity index (χ3n) is 4.13. The van der Waals surface area contributed by atoms with Crippen LogP contribution in [-0.4, -0.2) is 19.8 Å². The van der Waals surface area contributed by atoms with Crippen molar-refractivity contribution in [1.29, 1.82) is 0 Å². The molecule has 0 bridgehead atoms. The van der Waals surface area contributed by atoms with Gasteiger partial charge in [0, 0.05) is 12.6 Å². The van der Waals surface area contributed by atoms with E-state index in [4.69, 9.17) is 4.74 Å². The Hall–Kier alpha value is -3.10. The van der Waals surface area contributed by atoms with Crippen LogP contribution in [0.5, 0.6) is 5.75 Å². The highest BCUT2D eigenvalue weighted by atomic mass is 19.4. The maximum absolute atomic E-state index is 13.5. The van der Waals surface area contributed by atoms with Crippen molar-refractivity contribution in [2.75, 3.05) is 0 Å². The van der Waals surface area contributed by atoms with Gasteiger partial charge in [0.05, 0.1) is 11.3 Å². The van der Waals surface area contributed by atoms with E-state index in [9.17, 15) is 18.0 Å². The molecule has 6 nitrogen and oxygen atoms in total. The van der Waals surface area contributed by atoms with Crippen LogP contribution < -0.4 is 10.4 Å². The standard InChI is InChI=1S/C18H17F3N4O2/c1-3-12-7-4-5-10-16(12)27-11-13-14(18(19,20)21)8-6-9-15(13)25-17(26)24(2)22-23-25/h4-10H,3,11H2,1-2H3. The van der Waals surface area contributed by atoms with Crippen molar-refractivity contribution in [1.82, 2.24) is 19.8 Å². The minimum Gasteiger partial charge on any atom is -0.489 e. The molecule has 0 unspecified atom stereocenters. The summed E-state index contributed by atoms with van der Waals surface area (Å²) in [6.07, 6.45) is -3.93. The average molecular weight is 378 g/mol. The van der Waals surface area contributed by atoms with Gasteiger partial charge in [-0.1, -0.05) is 31.2 Å². The molecule has 0 saturated heterocycles. The molecule has 27 heavy (non-hydrogen) atoms. The van der Waals surface area contributed by atoms with E-state index in [0.29, 0.717) is 12.2 Å². The molecule has 0 radical (unpaired) electrons. The number of para-hydroxylation sites is 1. The van der Waals surface area contributed by atoms with E-state index < -0.39 is 17.4 Å². The van der Waals surface area contributed by atoms with Crippen LogP contribution in [0, 0.1) is 0 Å². The second kappa shape index (κ2) is 7.26. The van der Waals surface area contributed by atoms with Crippen LogP contribution in [0.15, 0.2) is 47.3 Å². The Morgan fingerprint density at radius 1 is 1.07 bits per heavy atom. The van der Waals surface area contributed by atoms with E-state index in [1.54, 1.807) is 12.1 Å². The monoisotopic (exact) mass is 378 g/mol. The highest BCUT2D eigenvalue weighted by molar-refractivity contribution is 5.46. The largest absolute Gasteiger partial charge is 0.489 e. The fraction of sp³-hybridized carbons (Fsp3) is 0.278. The zero-order valence-electron chi connectivity index (χ0n) is 14.7. The molecule has 0 aliphatic heterocycles. The minimum absolute atomic E-state index is 0.0168.